The highest BCUT2D eigenvalue weighted by Gasteiger charge is 2.27. The molecular weight excluding hydrogens is 338 g/mol. The highest BCUT2D eigenvalue weighted by Crippen LogP contribution is 2.12. The largest absolute Gasteiger partial charge is 0.376 e. The van der Waals surface area contributed by atoms with Crippen molar-refractivity contribution in [1.29, 1.82) is 0 Å². The molecule has 144 valence electrons. The Morgan fingerprint density at radius 3 is 2.96 bits per heavy atom. The number of ether oxygens (including phenoxy) is 2. The number of nitrogens with zero attached hydrogens (tertiary/aromatic N) is 4. The molecule has 1 N–H and O–H groups in total. The molecule has 0 unspecified atom stereocenters. The van der Waals surface area contributed by atoms with Crippen molar-refractivity contribution in [2.75, 3.05) is 51.3 Å². The van der Waals surface area contributed by atoms with Crippen molar-refractivity contribution in [3.63, 3.8) is 0 Å². The lowest BCUT2D eigenvalue weighted by molar-refractivity contribution is -0.00959. The fourth-order valence-corrected chi connectivity index (χ4v) is 3.27. The van der Waals surface area contributed by atoms with Crippen molar-refractivity contribution in [3.8, 4) is 0 Å². The number of amides is 2. The zero-order valence-electron chi connectivity index (χ0n) is 15.4. The number of aryl methyl sites for hydroxylation is 1. The number of anilines is 1. The number of urea groups is 1. The fourth-order valence-electron chi connectivity index (χ4n) is 3.27. The van der Waals surface area contributed by atoms with Crippen LogP contribution >= 0.6 is 0 Å². The summed E-state index contributed by atoms with van der Waals surface area (Å²) in [6.45, 7) is 3.33. The van der Waals surface area contributed by atoms with Crippen molar-refractivity contribution < 1.29 is 14.3 Å². The zero-order chi connectivity index (χ0) is 18.5. The Morgan fingerprint density at radius 2 is 2.19 bits per heavy atom. The highest BCUT2D eigenvalue weighted by molar-refractivity contribution is 5.74. The third-order valence-corrected chi connectivity index (χ3v) is 4.77. The van der Waals surface area contributed by atoms with E-state index in [4.69, 9.17) is 9.47 Å². The van der Waals surface area contributed by atoms with Crippen LogP contribution in [0.1, 0.15) is 12.8 Å². The van der Waals surface area contributed by atoms with Gasteiger partial charge >= 0.3 is 6.03 Å². The molecule has 0 aliphatic carbocycles. The quantitative estimate of drug-likeness (QED) is 0.778. The summed E-state index contributed by atoms with van der Waals surface area (Å²) in [5.74, 6) is 0.374. The number of hydrogen-bond acceptors (Lipinski definition) is 6. The van der Waals surface area contributed by atoms with Crippen LogP contribution in [0.2, 0.25) is 0 Å². The Morgan fingerprint density at radius 1 is 1.38 bits per heavy atom. The minimum Gasteiger partial charge on any atom is -0.376 e. The SMILES string of the molecule is CN(C[C@@H]1CN(C(=O)NC[C@H]2CCCO2)CCO1)c1nccn(C)c1=O. The number of rotatable bonds is 5. The first-order valence-electron chi connectivity index (χ1n) is 9.03. The lowest BCUT2D eigenvalue weighted by Gasteiger charge is -2.35. The highest BCUT2D eigenvalue weighted by atomic mass is 16.5. The van der Waals surface area contributed by atoms with Crippen LogP contribution in [0.3, 0.4) is 0 Å². The van der Waals surface area contributed by atoms with Crippen molar-refractivity contribution in [2.24, 2.45) is 7.05 Å². The van der Waals surface area contributed by atoms with E-state index >= 15 is 0 Å². The normalized spacial score (nSPS) is 23.1. The molecular formula is C17H27N5O4. The molecule has 0 aromatic carbocycles. The lowest BCUT2D eigenvalue weighted by atomic mass is 10.2. The van der Waals surface area contributed by atoms with Crippen LogP contribution in [0.25, 0.3) is 0 Å². The van der Waals surface area contributed by atoms with Crippen LogP contribution in [-0.2, 0) is 16.5 Å². The first kappa shape index (κ1) is 18.7. The number of likely N-dealkylation sites (N-methyl/N-ethyl adjacent to an activating group) is 1. The molecule has 1 aromatic heterocycles. The van der Waals surface area contributed by atoms with Crippen molar-refractivity contribution in [1.82, 2.24) is 19.8 Å². The van der Waals surface area contributed by atoms with E-state index in [0.29, 0.717) is 38.6 Å². The summed E-state index contributed by atoms with van der Waals surface area (Å²) in [6.07, 6.45) is 5.22. The van der Waals surface area contributed by atoms with E-state index in [2.05, 4.69) is 10.3 Å². The Kier molecular flexibility index (Phi) is 6.10. The zero-order valence-corrected chi connectivity index (χ0v) is 15.4. The maximum atomic E-state index is 12.4. The Hall–Kier alpha value is -2.13. The predicted octanol–water partition coefficient (Wildman–Crippen LogP) is -0.194. The Labute approximate surface area is 152 Å². The average Bonchev–Trinajstić information content (AvgIpc) is 3.15. The summed E-state index contributed by atoms with van der Waals surface area (Å²) in [5, 5.41) is 2.94. The first-order chi connectivity index (χ1) is 12.5. The van der Waals surface area contributed by atoms with Gasteiger partial charge in [-0.2, -0.15) is 0 Å². The molecule has 2 saturated heterocycles. The molecule has 1 aromatic rings. The third-order valence-electron chi connectivity index (χ3n) is 4.77. The molecule has 0 bridgehead atoms. The molecule has 0 spiro atoms. The summed E-state index contributed by atoms with van der Waals surface area (Å²) in [6, 6.07) is -0.0924. The van der Waals surface area contributed by atoms with Gasteiger partial charge in [-0.25, -0.2) is 9.78 Å². The number of carbonyl (C=O) groups excluding carboxylic acids is 1. The fraction of sp³-hybridized carbons (Fsp3) is 0.706. The minimum absolute atomic E-state index is 0.0924. The molecule has 2 atom stereocenters. The second-order valence-corrected chi connectivity index (χ2v) is 6.81. The van der Waals surface area contributed by atoms with Crippen LogP contribution in [0.5, 0.6) is 0 Å². The van der Waals surface area contributed by atoms with Crippen LogP contribution in [-0.4, -0.2) is 79.1 Å². The maximum absolute atomic E-state index is 12.4. The number of nitrogens with one attached hydrogen (secondary N) is 1. The molecule has 26 heavy (non-hydrogen) atoms. The van der Waals surface area contributed by atoms with E-state index in [0.717, 1.165) is 19.4 Å². The molecule has 9 heteroatoms. The van der Waals surface area contributed by atoms with Gasteiger partial charge in [0, 0.05) is 52.7 Å². The van der Waals surface area contributed by atoms with Gasteiger partial charge in [0.1, 0.15) is 0 Å². The van der Waals surface area contributed by atoms with E-state index < -0.39 is 0 Å². The number of carbonyl (C=O) groups is 1. The van der Waals surface area contributed by atoms with Crippen LogP contribution in [0.4, 0.5) is 10.6 Å². The summed E-state index contributed by atoms with van der Waals surface area (Å²) >= 11 is 0. The van der Waals surface area contributed by atoms with Crippen molar-refractivity contribution >= 4 is 11.8 Å². The van der Waals surface area contributed by atoms with E-state index in [9.17, 15) is 9.59 Å². The predicted molar refractivity (Wildman–Crippen MR) is 96.4 cm³/mol. The van der Waals surface area contributed by atoms with Crippen LogP contribution in [0.15, 0.2) is 17.2 Å². The van der Waals surface area contributed by atoms with Gasteiger partial charge in [-0.1, -0.05) is 0 Å². The Balaban J connectivity index is 1.51. The van der Waals surface area contributed by atoms with Crippen LogP contribution < -0.4 is 15.8 Å². The van der Waals surface area contributed by atoms with Gasteiger partial charge < -0.3 is 29.2 Å². The van der Waals surface area contributed by atoms with Gasteiger partial charge in [0.15, 0.2) is 5.82 Å². The lowest BCUT2D eigenvalue weighted by Crippen LogP contribution is -2.53. The molecule has 2 aliphatic heterocycles. The Bertz CT molecular complexity index is 673. The molecule has 3 heterocycles. The molecule has 2 amide bonds. The third kappa shape index (κ3) is 4.53. The van der Waals surface area contributed by atoms with E-state index in [1.165, 1.54) is 4.57 Å². The molecule has 0 radical (unpaired) electrons. The first-order valence-corrected chi connectivity index (χ1v) is 9.03. The summed E-state index contributed by atoms with van der Waals surface area (Å²) in [7, 11) is 3.50. The summed E-state index contributed by atoms with van der Waals surface area (Å²) < 4.78 is 12.8. The van der Waals surface area contributed by atoms with E-state index in [1.54, 1.807) is 29.2 Å². The molecule has 9 nitrogen and oxygen atoms in total. The standard InChI is InChI=1S/C17H27N5O4/c1-20-6-5-18-15(16(20)23)21(2)11-14-12-22(7-9-26-14)17(24)19-10-13-4-3-8-25-13/h5-6,13-14H,3-4,7-12H2,1-2H3,(H,19,24)/t13-,14-/m1/s1. The van der Waals surface area contributed by atoms with Gasteiger partial charge in [0.2, 0.25) is 0 Å². The number of morpholine rings is 1. The minimum atomic E-state index is -0.172. The van der Waals surface area contributed by atoms with Gasteiger partial charge in [-0.3, -0.25) is 4.79 Å². The molecule has 0 saturated carbocycles. The monoisotopic (exact) mass is 365 g/mol. The van der Waals surface area contributed by atoms with Crippen molar-refractivity contribution in [2.45, 2.75) is 25.0 Å². The van der Waals surface area contributed by atoms with Crippen LogP contribution in [0, 0.1) is 0 Å². The van der Waals surface area contributed by atoms with Gasteiger partial charge in [-0.15, -0.1) is 0 Å². The van der Waals surface area contributed by atoms with E-state index in [-0.39, 0.29) is 23.8 Å². The average molecular weight is 365 g/mol. The second kappa shape index (κ2) is 8.50. The van der Waals surface area contributed by atoms with Crippen molar-refractivity contribution in [3.05, 3.63) is 22.7 Å². The molecule has 2 aliphatic rings. The number of hydrogen-bond donors (Lipinski definition) is 1. The van der Waals surface area contributed by atoms with E-state index in [1.807, 2.05) is 7.05 Å². The second-order valence-electron chi connectivity index (χ2n) is 6.81. The molecule has 3 rings (SSSR count). The van der Waals surface area contributed by atoms with Gasteiger partial charge in [0.05, 0.1) is 25.4 Å². The molecule has 2 fully saturated rings. The van der Waals surface area contributed by atoms with Gasteiger partial charge in [0.25, 0.3) is 5.56 Å². The maximum Gasteiger partial charge on any atom is 0.317 e. The topological polar surface area (TPSA) is 88.9 Å². The summed E-state index contributed by atoms with van der Waals surface area (Å²) in [5.41, 5.74) is -0.156. The van der Waals surface area contributed by atoms with Gasteiger partial charge in [-0.05, 0) is 12.8 Å². The smallest absolute Gasteiger partial charge is 0.317 e. The summed E-state index contributed by atoms with van der Waals surface area (Å²) in [4.78, 5) is 32.2. The number of aromatic nitrogens is 2.